The van der Waals surface area contributed by atoms with E-state index >= 15 is 0 Å². The molecule has 2 N–H and O–H groups in total. The van der Waals surface area contributed by atoms with Crippen LogP contribution in [0.4, 0.5) is 24.5 Å². The summed E-state index contributed by atoms with van der Waals surface area (Å²) in [7, 11) is 0. The minimum Gasteiger partial charge on any atom is -0.395 e. The summed E-state index contributed by atoms with van der Waals surface area (Å²) < 4.78 is 37.8. The number of rotatable bonds is 8. The van der Waals surface area contributed by atoms with Crippen LogP contribution in [0.5, 0.6) is 0 Å². The lowest BCUT2D eigenvalue weighted by Crippen LogP contribution is -2.34. The van der Waals surface area contributed by atoms with E-state index in [-0.39, 0.29) is 37.7 Å². The molecule has 10 heteroatoms. The van der Waals surface area contributed by atoms with Crippen molar-refractivity contribution in [2.45, 2.75) is 19.5 Å². The number of carbonyl (C=O) groups is 1. The van der Waals surface area contributed by atoms with Crippen molar-refractivity contribution in [3.63, 3.8) is 0 Å². The lowest BCUT2D eigenvalue weighted by molar-refractivity contribution is -0.384. The Morgan fingerprint density at radius 2 is 2.08 bits per heavy atom. The molecule has 134 valence electrons. The largest absolute Gasteiger partial charge is 0.416 e. The summed E-state index contributed by atoms with van der Waals surface area (Å²) >= 11 is 0. The molecule has 0 saturated carbocycles. The van der Waals surface area contributed by atoms with E-state index in [1.165, 1.54) is 4.90 Å². The number of nitro groups is 1. The van der Waals surface area contributed by atoms with Gasteiger partial charge in [-0.1, -0.05) is 0 Å². The molecular weight excluding hydrogens is 331 g/mol. The molecule has 0 aromatic heterocycles. The van der Waals surface area contributed by atoms with Crippen LogP contribution in [-0.2, 0) is 11.0 Å². The molecule has 0 fully saturated rings. The van der Waals surface area contributed by atoms with Gasteiger partial charge in [0, 0.05) is 32.1 Å². The van der Waals surface area contributed by atoms with Gasteiger partial charge < -0.3 is 15.3 Å². The predicted octanol–water partition coefficient (Wildman–Crippen LogP) is 2.26. The van der Waals surface area contributed by atoms with E-state index in [1.807, 2.05) is 0 Å². The zero-order valence-corrected chi connectivity index (χ0v) is 13.0. The van der Waals surface area contributed by atoms with Crippen LogP contribution in [0.3, 0.4) is 0 Å². The number of aliphatic hydroxyl groups excluding tert-OH is 1. The van der Waals surface area contributed by atoms with Crippen molar-refractivity contribution in [3.05, 3.63) is 33.9 Å². The SMILES string of the molecule is CCN(CCO)C(=O)CCNc1ccc(C(F)(F)F)cc1[N+](=O)[O-]. The molecular formula is C14H18F3N3O4. The minimum atomic E-state index is -4.68. The Balaban J connectivity index is 2.78. The predicted molar refractivity (Wildman–Crippen MR) is 80.5 cm³/mol. The van der Waals surface area contributed by atoms with Gasteiger partial charge in [0.25, 0.3) is 5.69 Å². The number of halogens is 3. The Hall–Kier alpha value is -2.36. The van der Waals surface area contributed by atoms with Gasteiger partial charge in [-0.2, -0.15) is 13.2 Å². The first kappa shape index (κ1) is 19.7. The zero-order valence-electron chi connectivity index (χ0n) is 13.0. The quantitative estimate of drug-likeness (QED) is 0.554. The molecule has 7 nitrogen and oxygen atoms in total. The molecule has 0 bridgehead atoms. The Kier molecular flexibility index (Phi) is 6.96. The van der Waals surface area contributed by atoms with Crippen molar-refractivity contribution >= 4 is 17.3 Å². The summed E-state index contributed by atoms with van der Waals surface area (Å²) in [4.78, 5) is 23.3. The maximum Gasteiger partial charge on any atom is 0.416 e. The van der Waals surface area contributed by atoms with Crippen LogP contribution in [-0.4, -0.2) is 47.1 Å². The normalized spacial score (nSPS) is 11.2. The summed E-state index contributed by atoms with van der Waals surface area (Å²) in [5.74, 6) is -0.270. The zero-order chi connectivity index (χ0) is 18.3. The molecule has 0 unspecified atom stereocenters. The van der Waals surface area contributed by atoms with Crippen molar-refractivity contribution in [1.29, 1.82) is 0 Å². The van der Waals surface area contributed by atoms with E-state index in [9.17, 15) is 28.1 Å². The van der Waals surface area contributed by atoms with Crippen molar-refractivity contribution < 1.29 is 28.0 Å². The van der Waals surface area contributed by atoms with Crippen LogP contribution in [0.2, 0.25) is 0 Å². The second kappa shape index (κ2) is 8.48. The molecule has 1 amide bonds. The van der Waals surface area contributed by atoms with Crippen LogP contribution in [0.25, 0.3) is 0 Å². The lowest BCUT2D eigenvalue weighted by Gasteiger charge is -2.19. The first-order valence-corrected chi connectivity index (χ1v) is 7.18. The first-order valence-electron chi connectivity index (χ1n) is 7.18. The monoisotopic (exact) mass is 349 g/mol. The first-order chi connectivity index (χ1) is 11.2. The number of hydrogen-bond donors (Lipinski definition) is 2. The Labute approximate surface area is 136 Å². The number of nitrogens with one attached hydrogen (secondary N) is 1. The molecule has 0 aliphatic heterocycles. The number of hydrogen-bond acceptors (Lipinski definition) is 5. The van der Waals surface area contributed by atoms with E-state index in [2.05, 4.69) is 5.32 Å². The van der Waals surface area contributed by atoms with Gasteiger partial charge in [-0.05, 0) is 19.1 Å². The van der Waals surface area contributed by atoms with Gasteiger partial charge >= 0.3 is 6.18 Å². The summed E-state index contributed by atoms with van der Waals surface area (Å²) in [6, 6.07) is 2.16. The van der Waals surface area contributed by atoms with Crippen LogP contribution in [0.15, 0.2) is 18.2 Å². The molecule has 0 heterocycles. The molecule has 0 spiro atoms. The summed E-state index contributed by atoms with van der Waals surface area (Å²) in [5.41, 5.74) is -1.91. The third-order valence-corrected chi connectivity index (χ3v) is 3.28. The topological polar surface area (TPSA) is 95.7 Å². The number of alkyl halides is 3. The molecule has 1 aromatic rings. The molecule has 0 saturated heterocycles. The molecule has 0 atom stereocenters. The second-order valence-corrected chi connectivity index (χ2v) is 4.86. The maximum atomic E-state index is 12.6. The van der Waals surface area contributed by atoms with Gasteiger partial charge in [0.2, 0.25) is 5.91 Å². The van der Waals surface area contributed by atoms with Crippen molar-refractivity contribution in [2.75, 3.05) is 31.6 Å². The van der Waals surface area contributed by atoms with Crippen LogP contribution < -0.4 is 5.32 Å². The van der Waals surface area contributed by atoms with Gasteiger partial charge in [-0.3, -0.25) is 14.9 Å². The van der Waals surface area contributed by atoms with E-state index < -0.39 is 22.4 Å². The van der Waals surface area contributed by atoms with Crippen molar-refractivity contribution in [3.8, 4) is 0 Å². The number of aliphatic hydroxyl groups is 1. The van der Waals surface area contributed by atoms with E-state index in [0.717, 1.165) is 12.1 Å². The van der Waals surface area contributed by atoms with Crippen molar-refractivity contribution in [2.24, 2.45) is 0 Å². The summed E-state index contributed by atoms with van der Waals surface area (Å²) in [6.45, 7) is 2.15. The number of nitro benzene ring substituents is 1. The Morgan fingerprint density at radius 1 is 1.42 bits per heavy atom. The van der Waals surface area contributed by atoms with Crippen LogP contribution >= 0.6 is 0 Å². The number of nitrogens with zero attached hydrogens (tertiary/aromatic N) is 2. The molecule has 24 heavy (non-hydrogen) atoms. The molecule has 1 rings (SSSR count). The third kappa shape index (κ3) is 5.37. The van der Waals surface area contributed by atoms with Gasteiger partial charge in [-0.25, -0.2) is 0 Å². The third-order valence-electron chi connectivity index (χ3n) is 3.28. The smallest absolute Gasteiger partial charge is 0.395 e. The van der Waals surface area contributed by atoms with Crippen LogP contribution in [0, 0.1) is 10.1 Å². The fourth-order valence-electron chi connectivity index (χ4n) is 2.05. The number of likely N-dealkylation sites (N-methyl/N-ethyl adjacent to an activating group) is 1. The maximum absolute atomic E-state index is 12.6. The number of carbonyl (C=O) groups excluding carboxylic acids is 1. The van der Waals surface area contributed by atoms with Gasteiger partial charge in [0.1, 0.15) is 5.69 Å². The second-order valence-electron chi connectivity index (χ2n) is 4.86. The van der Waals surface area contributed by atoms with Crippen LogP contribution in [0.1, 0.15) is 18.9 Å². The average molecular weight is 349 g/mol. The standard InChI is InChI=1S/C14H18F3N3O4/c1-2-19(7-8-21)13(22)5-6-18-11-4-3-10(14(15,16)17)9-12(11)20(23)24/h3-4,9,18,21H,2,5-8H2,1H3. The van der Waals surface area contributed by atoms with Crippen molar-refractivity contribution in [1.82, 2.24) is 4.90 Å². The highest BCUT2D eigenvalue weighted by molar-refractivity contribution is 5.77. The highest BCUT2D eigenvalue weighted by atomic mass is 19.4. The minimum absolute atomic E-state index is 0.00792. The van der Waals surface area contributed by atoms with E-state index in [4.69, 9.17) is 5.11 Å². The number of benzene rings is 1. The van der Waals surface area contributed by atoms with E-state index in [0.29, 0.717) is 12.6 Å². The molecule has 0 radical (unpaired) electrons. The number of amides is 1. The lowest BCUT2D eigenvalue weighted by atomic mass is 10.1. The molecule has 1 aromatic carbocycles. The highest BCUT2D eigenvalue weighted by Gasteiger charge is 2.33. The summed E-state index contributed by atoms with van der Waals surface area (Å²) in [5, 5.41) is 22.4. The average Bonchev–Trinajstić information content (AvgIpc) is 2.51. The van der Waals surface area contributed by atoms with E-state index in [1.54, 1.807) is 6.92 Å². The van der Waals surface area contributed by atoms with Gasteiger partial charge in [-0.15, -0.1) is 0 Å². The molecule has 0 aliphatic rings. The number of anilines is 1. The summed E-state index contributed by atoms with van der Waals surface area (Å²) in [6.07, 6.45) is -4.68. The van der Waals surface area contributed by atoms with Gasteiger partial charge in [0.05, 0.1) is 17.1 Å². The highest BCUT2D eigenvalue weighted by Crippen LogP contribution is 2.34. The fourth-order valence-corrected chi connectivity index (χ4v) is 2.05. The fraction of sp³-hybridized carbons (Fsp3) is 0.500. The molecule has 0 aliphatic carbocycles. The Bertz CT molecular complexity index is 593. The van der Waals surface area contributed by atoms with Gasteiger partial charge in [0.15, 0.2) is 0 Å². The Morgan fingerprint density at radius 3 is 2.58 bits per heavy atom.